The Morgan fingerprint density at radius 1 is 1.11 bits per heavy atom. The monoisotopic (exact) mass is 501 g/mol. The predicted octanol–water partition coefficient (Wildman–Crippen LogP) is 6.94. The lowest BCUT2D eigenvalue weighted by Crippen LogP contribution is -2.36. The molecular weight excluding hydrogens is 457 g/mol. The molecule has 35 heavy (non-hydrogen) atoms. The third kappa shape index (κ3) is 9.29. The first-order valence-corrected chi connectivity index (χ1v) is 14.8. The number of hydrogen-bond donors (Lipinski definition) is 2. The summed E-state index contributed by atoms with van der Waals surface area (Å²) in [5, 5.41) is 0. The summed E-state index contributed by atoms with van der Waals surface area (Å²) < 4.78 is 17.5. The summed E-state index contributed by atoms with van der Waals surface area (Å²) in [7, 11) is -4.04. The van der Waals surface area contributed by atoms with Crippen LogP contribution in [0.4, 0.5) is 5.69 Å². The molecule has 0 amide bonds. The molecule has 194 valence electrons. The van der Waals surface area contributed by atoms with Gasteiger partial charge in [0.2, 0.25) is 0 Å². The molecule has 3 rings (SSSR count). The van der Waals surface area contributed by atoms with E-state index in [4.69, 9.17) is 4.74 Å². The van der Waals surface area contributed by atoms with Gasteiger partial charge in [0, 0.05) is 18.8 Å². The van der Waals surface area contributed by atoms with E-state index in [-0.39, 0.29) is 12.1 Å². The minimum Gasteiger partial charge on any atom is -0.493 e. The summed E-state index contributed by atoms with van der Waals surface area (Å²) in [6, 6.07) is 14.6. The first-order valence-electron chi connectivity index (χ1n) is 13.0. The lowest BCUT2D eigenvalue weighted by Gasteiger charge is -2.35. The molecule has 0 unspecified atom stereocenters. The number of benzene rings is 2. The van der Waals surface area contributed by atoms with Gasteiger partial charge in [-0.1, -0.05) is 52.0 Å². The van der Waals surface area contributed by atoms with Gasteiger partial charge in [-0.25, -0.2) is 0 Å². The van der Waals surface area contributed by atoms with Crippen molar-refractivity contribution in [2.75, 3.05) is 30.8 Å². The van der Waals surface area contributed by atoms with Gasteiger partial charge < -0.3 is 19.4 Å². The molecule has 1 saturated heterocycles. The number of hydrogen-bond acceptors (Lipinski definition) is 3. The SMILES string of the molecule is Cc1ccc(CCCC(C)(C)C)c(N2CCC(COc3cccc([C@@H](C)CP(=O)(O)O)c3)CC2)c1. The van der Waals surface area contributed by atoms with Crippen molar-refractivity contribution < 1.29 is 19.1 Å². The number of aryl methyl sites for hydroxylation is 2. The lowest BCUT2D eigenvalue weighted by atomic mass is 9.88. The van der Waals surface area contributed by atoms with E-state index in [1.165, 1.54) is 29.7 Å². The molecule has 0 radical (unpaired) electrons. The average molecular weight is 502 g/mol. The van der Waals surface area contributed by atoms with Crippen LogP contribution >= 0.6 is 7.60 Å². The number of piperidine rings is 1. The van der Waals surface area contributed by atoms with E-state index in [0.29, 0.717) is 17.9 Å². The van der Waals surface area contributed by atoms with Crippen LogP contribution in [-0.4, -0.2) is 35.6 Å². The molecule has 2 aromatic carbocycles. The normalized spacial score (nSPS) is 16.4. The number of nitrogens with zero attached hydrogens (tertiary/aromatic N) is 1. The van der Waals surface area contributed by atoms with Gasteiger partial charge in [-0.05, 0) is 91.2 Å². The van der Waals surface area contributed by atoms with E-state index < -0.39 is 7.60 Å². The van der Waals surface area contributed by atoms with Crippen LogP contribution in [0.25, 0.3) is 0 Å². The summed E-state index contributed by atoms with van der Waals surface area (Å²) >= 11 is 0. The highest BCUT2D eigenvalue weighted by atomic mass is 31.2. The Bertz CT molecular complexity index is 1000. The van der Waals surface area contributed by atoms with E-state index in [2.05, 4.69) is 50.8 Å². The van der Waals surface area contributed by atoms with Gasteiger partial charge in [0.1, 0.15) is 5.75 Å². The largest absolute Gasteiger partial charge is 0.493 e. The van der Waals surface area contributed by atoms with Gasteiger partial charge in [0.15, 0.2) is 0 Å². The highest BCUT2D eigenvalue weighted by molar-refractivity contribution is 7.51. The molecule has 6 heteroatoms. The molecular formula is C29H44NO4P. The van der Waals surface area contributed by atoms with Gasteiger partial charge >= 0.3 is 7.60 Å². The first kappa shape index (κ1) is 27.8. The zero-order valence-corrected chi connectivity index (χ0v) is 23.1. The summed E-state index contributed by atoms with van der Waals surface area (Å²) in [5.74, 6) is 1.08. The second-order valence-electron chi connectivity index (χ2n) is 11.6. The molecule has 5 nitrogen and oxygen atoms in total. The van der Waals surface area contributed by atoms with Gasteiger partial charge in [-0.3, -0.25) is 4.57 Å². The third-order valence-corrected chi connectivity index (χ3v) is 8.02. The predicted molar refractivity (Wildman–Crippen MR) is 146 cm³/mol. The van der Waals surface area contributed by atoms with Crippen LogP contribution in [0, 0.1) is 18.3 Å². The summed E-state index contributed by atoms with van der Waals surface area (Å²) in [6.45, 7) is 13.7. The molecule has 1 aliphatic rings. The third-order valence-electron chi connectivity index (χ3n) is 6.99. The van der Waals surface area contributed by atoms with Crippen molar-refractivity contribution in [1.82, 2.24) is 0 Å². The molecule has 0 aromatic heterocycles. The molecule has 0 spiro atoms. The maximum atomic E-state index is 11.4. The molecule has 0 saturated carbocycles. The van der Waals surface area contributed by atoms with Gasteiger partial charge in [-0.2, -0.15) is 0 Å². The fourth-order valence-corrected chi connectivity index (χ4v) is 5.84. The fraction of sp³-hybridized carbons (Fsp3) is 0.586. The molecule has 2 N–H and O–H groups in total. The van der Waals surface area contributed by atoms with Crippen molar-refractivity contribution in [3.8, 4) is 5.75 Å². The number of ether oxygens (including phenoxy) is 1. The summed E-state index contributed by atoms with van der Waals surface area (Å²) in [4.78, 5) is 21.1. The Morgan fingerprint density at radius 2 is 1.83 bits per heavy atom. The maximum absolute atomic E-state index is 11.4. The van der Waals surface area contributed by atoms with Crippen LogP contribution in [-0.2, 0) is 11.0 Å². The Kier molecular flexibility index (Phi) is 9.48. The standard InChI is InChI=1S/C29H44NO4P/c1-22-11-12-25(9-7-15-29(3,4)5)28(18-22)30-16-13-24(14-17-30)20-34-27-10-6-8-26(19-27)23(2)21-35(31,32)33/h6,8,10-12,18-19,23-24H,7,9,13-17,20-21H2,1-5H3,(H2,31,32,33)/t23-/m0/s1. The topological polar surface area (TPSA) is 70.0 Å². The molecule has 1 atom stereocenters. The van der Waals surface area contributed by atoms with Gasteiger partial charge in [0.25, 0.3) is 0 Å². The van der Waals surface area contributed by atoms with Crippen LogP contribution in [0.3, 0.4) is 0 Å². The summed E-state index contributed by atoms with van der Waals surface area (Å²) in [5.41, 5.74) is 5.47. The van der Waals surface area contributed by atoms with E-state index in [1.54, 1.807) is 0 Å². The highest BCUT2D eigenvalue weighted by Gasteiger charge is 2.23. The Labute approximate surface area is 212 Å². The van der Waals surface area contributed by atoms with Crippen LogP contribution in [0.2, 0.25) is 0 Å². The second-order valence-corrected chi connectivity index (χ2v) is 13.3. The second kappa shape index (κ2) is 12.0. The first-order chi connectivity index (χ1) is 16.4. The van der Waals surface area contributed by atoms with E-state index in [0.717, 1.165) is 43.7 Å². The van der Waals surface area contributed by atoms with Crippen LogP contribution < -0.4 is 9.64 Å². The van der Waals surface area contributed by atoms with Crippen molar-refractivity contribution in [3.63, 3.8) is 0 Å². The van der Waals surface area contributed by atoms with Crippen molar-refractivity contribution in [2.45, 2.75) is 72.6 Å². The fourth-order valence-electron chi connectivity index (χ4n) is 4.92. The molecule has 0 bridgehead atoms. The Balaban J connectivity index is 1.53. The van der Waals surface area contributed by atoms with Gasteiger partial charge in [-0.15, -0.1) is 0 Å². The summed E-state index contributed by atoms with van der Waals surface area (Å²) in [6.07, 6.45) is 5.64. The van der Waals surface area contributed by atoms with Crippen molar-refractivity contribution in [3.05, 3.63) is 59.2 Å². The number of rotatable bonds is 10. The minimum atomic E-state index is -4.04. The van der Waals surface area contributed by atoms with E-state index in [1.807, 2.05) is 31.2 Å². The van der Waals surface area contributed by atoms with Crippen LogP contribution in [0.1, 0.15) is 76.0 Å². The molecule has 1 fully saturated rings. The zero-order valence-electron chi connectivity index (χ0n) is 22.2. The Hall–Kier alpha value is -1.81. The maximum Gasteiger partial charge on any atom is 0.326 e. The van der Waals surface area contributed by atoms with Crippen LogP contribution in [0.15, 0.2) is 42.5 Å². The smallest absolute Gasteiger partial charge is 0.326 e. The Morgan fingerprint density at radius 3 is 2.49 bits per heavy atom. The van der Waals surface area contributed by atoms with Crippen LogP contribution in [0.5, 0.6) is 5.75 Å². The lowest BCUT2D eigenvalue weighted by molar-refractivity contribution is 0.222. The molecule has 2 aromatic rings. The molecule has 1 aliphatic heterocycles. The van der Waals surface area contributed by atoms with E-state index in [9.17, 15) is 14.4 Å². The van der Waals surface area contributed by atoms with Crippen molar-refractivity contribution in [1.29, 1.82) is 0 Å². The number of anilines is 1. The quantitative estimate of drug-likeness (QED) is 0.345. The minimum absolute atomic E-state index is 0.147. The van der Waals surface area contributed by atoms with E-state index >= 15 is 0 Å². The van der Waals surface area contributed by atoms with Crippen molar-refractivity contribution >= 4 is 13.3 Å². The molecule has 1 heterocycles. The van der Waals surface area contributed by atoms with Crippen molar-refractivity contribution in [2.24, 2.45) is 11.3 Å². The molecule has 0 aliphatic carbocycles. The average Bonchev–Trinajstić information content (AvgIpc) is 2.77. The zero-order chi connectivity index (χ0) is 25.6. The van der Waals surface area contributed by atoms with Gasteiger partial charge in [0.05, 0.1) is 12.8 Å². The highest BCUT2D eigenvalue weighted by Crippen LogP contribution is 2.40.